The molecule has 0 bridgehead atoms. The Kier molecular flexibility index (Phi) is 5.84. The van der Waals surface area contributed by atoms with Gasteiger partial charge in [0.1, 0.15) is 17.1 Å². The maximum absolute atomic E-state index is 14.9. The van der Waals surface area contributed by atoms with Gasteiger partial charge in [-0.05, 0) is 23.8 Å². The summed E-state index contributed by atoms with van der Waals surface area (Å²) in [6, 6.07) is 3.60. The number of thioether (sulfide) groups is 1. The Morgan fingerprint density at radius 1 is 1.31 bits per heavy atom. The first-order valence-corrected chi connectivity index (χ1v) is 10.3. The lowest BCUT2D eigenvalue weighted by Gasteiger charge is -2.36. The van der Waals surface area contributed by atoms with E-state index in [1.54, 1.807) is 0 Å². The molecule has 3 atom stereocenters. The normalized spacial score (nSPS) is 25.9. The van der Waals surface area contributed by atoms with Gasteiger partial charge in [-0.1, -0.05) is 17.8 Å². The number of halogens is 5. The molecule has 4 rings (SSSR count). The minimum Gasteiger partial charge on any atom is -0.480 e. The lowest BCUT2D eigenvalue weighted by molar-refractivity contribution is -0.215. The molecule has 0 unspecified atom stereocenters. The molecule has 3 heterocycles. The summed E-state index contributed by atoms with van der Waals surface area (Å²) in [6.45, 7) is -0.500. The summed E-state index contributed by atoms with van der Waals surface area (Å²) in [5.41, 5.74) is 4.10. The second-order valence-electron chi connectivity index (χ2n) is 7.24. The molecule has 2 aliphatic rings. The molecule has 0 radical (unpaired) electrons. The average Bonchev–Trinajstić information content (AvgIpc) is 3.15. The van der Waals surface area contributed by atoms with E-state index in [0.717, 1.165) is 30.1 Å². The summed E-state index contributed by atoms with van der Waals surface area (Å²) in [4.78, 5) is 12.0. The van der Waals surface area contributed by atoms with Crippen LogP contribution in [0, 0.1) is 11.7 Å². The van der Waals surface area contributed by atoms with E-state index in [-0.39, 0.29) is 33.6 Å². The highest BCUT2D eigenvalue weighted by Crippen LogP contribution is 2.51. The summed E-state index contributed by atoms with van der Waals surface area (Å²) in [7, 11) is 1.39. The molecule has 1 fully saturated rings. The van der Waals surface area contributed by atoms with Crippen molar-refractivity contribution in [3.8, 4) is 5.88 Å². The monoisotopic (exact) mass is 472 g/mol. The molecule has 0 saturated carbocycles. The minimum atomic E-state index is -4.65. The number of benzene rings is 1. The third kappa shape index (κ3) is 4.04. The van der Waals surface area contributed by atoms with Gasteiger partial charge in [-0.25, -0.2) is 23.7 Å². The topological polar surface area (TPSA) is 82.6 Å². The predicted octanol–water partition coefficient (Wildman–Crippen LogP) is 3.93. The van der Waals surface area contributed by atoms with Crippen molar-refractivity contribution < 1.29 is 31.4 Å². The lowest BCUT2D eigenvalue weighted by atomic mass is 9.78. The zero-order valence-electron chi connectivity index (χ0n) is 16.6. The van der Waals surface area contributed by atoms with Gasteiger partial charge in [0.15, 0.2) is 17.1 Å². The number of hydrogen-bond acceptors (Lipinski definition) is 7. The molecule has 1 aromatic carbocycles. The molecule has 2 aromatic rings. The van der Waals surface area contributed by atoms with Crippen LogP contribution in [0.2, 0.25) is 0 Å². The van der Waals surface area contributed by atoms with Crippen LogP contribution < -0.4 is 10.5 Å². The number of fused-ring (bicyclic) bond motifs is 1. The highest BCUT2D eigenvalue weighted by atomic mass is 32.2. The van der Waals surface area contributed by atoms with Crippen molar-refractivity contribution >= 4 is 28.8 Å². The van der Waals surface area contributed by atoms with Crippen LogP contribution in [0.15, 0.2) is 35.6 Å². The number of rotatable bonds is 4. The number of nitrogens with zero attached hydrogens (tertiary/aromatic N) is 3. The molecule has 32 heavy (non-hydrogen) atoms. The van der Waals surface area contributed by atoms with Gasteiger partial charge in [-0.2, -0.15) is 13.2 Å². The van der Waals surface area contributed by atoms with Crippen molar-refractivity contribution in [1.82, 2.24) is 9.97 Å². The van der Waals surface area contributed by atoms with E-state index >= 15 is 0 Å². The Labute approximate surface area is 183 Å². The fourth-order valence-corrected chi connectivity index (χ4v) is 4.85. The molecule has 12 heteroatoms. The summed E-state index contributed by atoms with van der Waals surface area (Å²) in [5.74, 6) is -2.60. The molecule has 2 aliphatic heterocycles. The molecule has 0 amide bonds. The number of ether oxygens (including phenoxy) is 2. The number of hydrogen-bond donors (Lipinski definition) is 1. The SMILES string of the molecule is COc1cnc(/C(F)=C/c2ccc(F)c([C@]34CO[C@H](C(F)(F)F)[C@H]3CSC(N)=N4)c2)cn1. The van der Waals surface area contributed by atoms with E-state index in [0.29, 0.717) is 0 Å². The minimum absolute atomic E-state index is 0.0349. The van der Waals surface area contributed by atoms with Crippen LogP contribution in [0.1, 0.15) is 16.8 Å². The number of aliphatic imine (C=N–C) groups is 1. The van der Waals surface area contributed by atoms with E-state index in [1.165, 1.54) is 25.4 Å². The van der Waals surface area contributed by atoms with Crippen molar-refractivity contribution in [2.45, 2.75) is 17.8 Å². The molecule has 2 N–H and O–H groups in total. The quantitative estimate of drug-likeness (QED) is 0.680. The molecule has 1 aromatic heterocycles. The number of aromatic nitrogens is 2. The van der Waals surface area contributed by atoms with Crippen LogP contribution in [0.5, 0.6) is 5.88 Å². The Morgan fingerprint density at radius 3 is 2.75 bits per heavy atom. The zero-order valence-corrected chi connectivity index (χ0v) is 17.4. The van der Waals surface area contributed by atoms with Gasteiger partial charge in [0, 0.05) is 17.2 Å². The summed E-state index contributed by atoms with van der Waals surface area (Å²) < 4.78 is 80.0. The number of amidine groups is 1. The molecular formula is C20H17F5N4O2S. The fourth-order valence-electron chi connectivity index (χ4n) is 3.82. The van der Waals surface area contributed by atoms with Gasteiger partial charge in [0.25, 0.3) is 0 Å². The van der Waals surface area contributed by atoms with Crippen LogP contribution in [-0.4, -0.2) is 46.9 Å². The van der Waals surface area contributed by atoms with Crippen LogP contribution in [-0.2, 0) is 10.3 Å². The number of methoxy groups -OCH3 is 1. The molecule has 0 aliphatic carbocycles. The Morgan fingerprint density at radius 2 is 2.09 bits per heavy atom. The van der Waals surface area contributed by atoms with Crippen molar-refractivity contribution in [3.05, 3.63) is 53.2 Å². The van der Waals surface area contributed by atoms with Crippen LogP contribution >= 0.6 is 11.8 Å². The van der Waals surface area contributed by atoms with Crippen molar-refractivity contribution in [2.75, 3.05) is 19.5 Å². The Bertz CT molecular complexity index is 1080. The first-order valence-electron chi connectivity index (χ1n) is 9.34. The van der Waals surface area contributed by atoms with E-state index in [2.05, 4.69) is 15.0 Å². The highest BCUT2D eigenvalue weighted by Gasteiger charge is 2.61. The largest absolute Gasteiger partial charge is 0.480 e. The van der Waals surface area contributed by atoms with Crippen LogP contribution in [0.25, 0.3) is 11.9 Å². The molecule has 1 saturated heterocycles. The van der Waals surface area contributed by atoms with Gasteiger partial charge < -0.3 is 15.2 Å². The maximum atomic E-state index is 14.9. The standard InChI is InChI=1S/C20H17F5N4O2S/c1-30-16-7-27-15(6-28-16)14(22)5-10-2-3-13(21)11(4-10)19-9-31-17(20(23,24)25)12(19)8-32-18(26)29-19/h2-7,12,17H,8-9H2,1H3,(H2,26,29)/b14-5-/t12-,17+,19-/m1/s1. The van der Waals surface area contributed by atoms with Gasteiger partial charge in [0.2, 0.25) is 5.88 Å². The zero-order chi connectivity index (χ0) is 23.1. The van der Waals surface area contributed by atoms with E-state index in [1.807, 2.05) is 0 Å². The van der Waals surface area contributed by atoms with Gasteiger partial charge in [-0.3, -0.25) is 0 Å². The summed E-state index contributed by atoms with van der Waals surface area (Å²) in [5, 5.41) is 0.0349. The smallest absolute Gasteiger partial charge is 0.415 e. The summed E-state index contributed by atoms with van der Waals surface area (Å²) in [6.07, 6.45) is -3.30. The maximum Gasteiger partial charge on any atom is 0.415 e. The molecule has 170 valence electrons. The third-order valence-electron chi connectivity index (χ3n) is 5.34. The first-order chi connectivity index (χ1) is 15.1. The van der Waals surface area contributed by atoms with E-state index in [9.17, 15) is 22.0 Å². The van der Waals surface area contributed by atoms with Crippen LogP contribution in [0.4, 0.5) is 22.0 Å². The van der Waals surface area contributed by atoms with Crippen molar-refractivity contribution in [3.63, 3.8) is 0 Å². The van der Waals surface area contributed by atoms with E-state index < -0.39 is 42.0 Å². The predicted molar refractivity (Wildman–Crippen MR) is 109 cm³/mol. The molecular weight excluding hydrogens is 455 g/mol. The average molecular weight is 472 g/mol. The number of alkyl halides is 3. The van der Waals surface area contributed by atoms with Crippen molar-refractivity contribution in [1.29, 1.82) is 0 Å². The Balaban J connectivity index is 1.75. The molecule has 0 spiro atoms. The van der Waals surface area contributed by atoms with Gasteiger partial charge in [-0.15, -0.1) is 0 Å². The van der Waals surface area contributed by atoms with Crippen molar-refractivity contribution in [2.24, 2.45) is 16.6 Å². The number of nitrogens with two attached hydrogens (primary N) is 1. The van der Waals surface area contributed by atoms with Gasteiger partial charge >= 0.3 is 6.18 Å². The van der Waals surface area contributed by atoms with Gasteiger partial charge in [0.05, 0.1) is 26.1 Å². The third-order valence-corrected chi connectivity index (χ3v) is 6.25. The van der Waals surface area contributed by atoms with Crippen LogP contribution in [0.3, 0.4) is 0 Å². The second-order valence-corrected chi connectivity index (χ2v) is 8.28. The lowest BCUT2D eigenvalue weighted by Crippen LogP contribution is -2.46. The van der Waals surface area contributed by atoms with E-state index in [4.69, 9.17) is 15.2 Å². The first kappa shape index (κ1) is 22.5. The highest BCUT2D eigenvalue weighted by molar-refractivity contribution is 8.13. The summed E-state index contributed by atoms with van der Waals surface area (Å²) >= 11 is 0.956. The Hall–Kier alpha value is -2.73. The molecule has 6 nitrogen and oxygen atoms in total. The second kappa shape index (κ2) is 8.32. The fraction of sp³-hybridized carbons (Fsp3) is 0.350.